The Morgan fingerprint density at radius 2 is 1.38 bits per heavy atom. The van der Waals surface area contributed by atoms with Crippen LogP contribution in [0.5, 0.6) is 0 Å². The number of carboxylic acids is 1. The molecule has 14 nitrogen and oxygen atoms in total. The number of hydrogen-bond acceptors (Lipinski definition) is 7. The van der Waals surface area contributed by atoms with Gasteiger partial charge >= 0.3 is 5.97 Å². The van der Waals surface area contributed by atoms with Gasteiger partial charge in [0, 0.05) is 6.54 Å². The second kappa shape index (κ2) is 14.1. The smallest absolute Gasteiger partial charge is 0.305 e. The van der Waals surface area contributed by atoms with Crippen molar-refractivity contribution in [1.82, 2.24) is 31.5 Å². The second-order valence-corrected chi connectivity index (χ2v) is 11.2. The van der Waals surface area contributed by atoms with Crippen LogP contribution in [-0.4, -0.2) is 94.2 Å². The van der Waals surface area contributed by atoms with Crippen molar-refractivity contribution < 1.29 is 38.7 Å². The van der Waals surface area contributed by atoms with E-state index in [1.54, 1.807) is 13.8 Å². The van der Waals surface area contributed by atoms with E-state index in [0.717, 1.165) is 0 Å². The lowest BCUT2D eigenvalue weighted by molar-refractivity contribution is -0.143. The van der Waals surface area contributed by atoms with E-state index in [2.05, 4.69) is 26.6 Å². The molecule has 40 heavy (non-hydrogen) atoms. The predicted molar refractivity (Wildman–Crippen MR) is 142 cm³/mol. The Morgan fingerprint density at radius 3 is 1.95 bits per heavy atom. The molecular formula is C26H42N6O8. The molecule has 224 valence electrons. The fourth-order valence-electron chi connectivity index (χ4n) is 4.74. The van der Waals surface area contributed by atoms with Gasteiger partial charge in [-0.1, -0.05) is 27.7 Å². The van der Waals surface area contributed by atoms with Crippen molar-refractivity contribution in [2.75, 3.05) is 6.54 Å². The van der Waals surface area contributed by atoms with Crippen LogP contribution in [-0.2, 0) is 33.6 Å². The molecule has 0 aliphatic carbocycles. The van der Waals surface area contributed by atoms with Gasteiger partial charge in [0.1, 0.15) is 36.3 Å². The fourth-order valence-corrected chi connectivity index (χ4v) is 4.74. The van der Waals surface area contributed by atoms with E-state index in [1.807, 2.05) is 13.8 Å². The monoisotopic (exact) mass is 566 g/mol. The van der Waals surface area contributed by atoms with E-state index in [1.165, 1.54) is 18.7 Å². The van der Waals surface area contributed by atoms with Crippen LogP contribution in [0.15, 0.2) is 0 Å². The number of carbonyl (C=O) groups excluding carboxylic acids is 6. The van der Waals surface area contributed by atoms with E-state index in [-0.39, 0.29) is 18.9 Å². The molecule has 0 bridgehead atoms. The molecule has 0 radical (unpaired) electrons. The summed E-state index contributed by atoms with van der Waals surface area (Å²) in [4.78, 5) is 91.6. The first kappa shape index (κ1) is 32.5. The third kappa shape index (κ3) is 8.65. The Kier molecular flexibility index (Phi) is 11.4. The average Bonchev–Trinajstić information content (AvgIpc) is 3.34. The molecule has 0 aromatic rings. The second-order valence-electron chi connectivity index (χ2n) is 11.2. The van der Waals surface area contributed by atoms with Crippen LogP contribution in [0.25, 0.3) is 0 Å². The van der Waals surface area contributed by atoms with E-state index in [9.17, 15) is 38.7 Å². The van der Waals surface area contributed by atoms with Crippen molar-refractivity contribution in [2.24, 2.45) is 11.8 Å². The molecule has 0 unspecified atom stereocenters. The highest BCUT2D eigenvalue weighted by Gasteiger charge is 2.39. The first-order valence-electron chi connectivity index (χ1n) is 13.7. The molecule has 0 spiro atoms. The van der Waals surface area contributed by atoms with E-state index in [0.29, 0.717) is 12.8 Å². The number of carbonyl (C=O) groups is 7. The Morgan fingerprint density at radius 1 is 0.800 bits per heavy atom. The van der Waals surface area contributed by atoms with Gasteiger partial charge < -0.3 is 36.6 Å². The lowest BCUT2D eigenvalue weighted by Crippen LogP contribution is -2.61. The summed E-state index contributed by atoms with van der Waals surface area (Å²) in [7, 11) is 0. The van der Waals surface area contributed by atoms with Gasteiger partial charge in [0.05, 0.1) is 6.42 Å². The maximum absolute atomic E-state index is 13.2. The van der Waals surface area contributed by atoms with Gasteiger partial charge in [-0.05, 0) is 44.9 Å². The molecule has 0 aromatic carbocycles. The number of fused-ring (bicyclic) bond motifs is 1. The van der Waals surface area contributed by atoms with Crippen LogP contribution in [0.1, 0.15) is 67.2 Å². The topological polar surface area (TPSA) is 203 Å². The third-order valence-corrected chi connectivity index (χ3v) is 6.92. The van der Waals surface area contributed by atoms with Crippen molar-refractivity contribution in [3.8, 4) is 0 Å². The first-order valence-corrected chi connectivity index (χ1v) is 13.7. The van der Waals surface area contributed by atoms with Crippen LogP contribution in [0.4, 0.5) is 0 Å². The van der Waals surface area contributed by atoms with Crippen molar-refractivity contribution in [2.45, 2.75) is 103 Å². The molecule has 2 heterocycles. The summed E-state index contributed by atoms with van der Waals surface area (Å²) in [5, 5.41) is 22.0. The van der Waals surface area contributed by atoms with E-state index in [4.69, 9.17) is 0 Å². The number of aliphatic carboxylic acids is 1. The molecular weight excluding hydrogens is 524 g/mol. The largest absolute Gasteiger partial charge is 0.481 e. The summed E-state index contributed by atoms with van der Waals surface area (Å²) >= 11 is 0. The lowest BCUT2D eigenvalue weighted by atomic mass is 10.0. The lowest BCUT2D eigenvalue weighted by Gasteiger charge is -2.31. The van der Waals surface area contributed by atoms with Gasteiger partial charge in [-0.2, -0.15) is 0 Å². The molecule has 2 aliphatic heterocycles. The van der Waals surface area contributed by atoms with Gasteiger partial charge in [0.2, 0.25) is 35.4 Å². The van der Waals surface area contributed by atoms with Gasteiger partial charge in [-0.15, -0.1) is 0 Å². The zero-order chi connectivity index (χ0) is 30.3. The summed E-state index contributed by atoms with van der Waals surface area (Å²) in [6.07, 6.45) is 0.321. The highest BCUT2D eigenvalue weighted by Crippen LogP contribution is 2.19. The highest BCUT2D eigenvalue weighted by molar-refractivity contribution is 5.99. The number of nitrogens with one attached hydrogen (secondary N) is 5. The van der Waals surface area contributed by atoms with Crippen LogP contribution in [0.3, 0.4) is 0 Å². The summed E-state index contributed by atoms with van der Waals surface area (Å²) in [5.41, 5.74) is 0. The molecule has 2 fully saturated rings. The Bertz CT molecular complexity index is 1020. The molecule has 0 aromatic heterocycles. The van der Waals surface area contributed by atoms with E-state index >= 15 is 0 Å². The summed E-state index contributed by atoms with van der Waals surface area (Å²) in [6.45, 7) is 10.1. The number of carboxylic acid groups (broad SMARTS) is 1. The molecule has 6 amide bonds. The van der Waals surface area contributed by atoms with Gasteiger partial charge in [0.15, 0.2) is 0 Å². The quantitative estimate of drug-likeness (QED) is 0.234. The summed E-state index contributed by atoms with van der Waals surface area (Å²) in [5.74, 6) is -5.95. The Balaban J connectivity index is 2.47. The zero-order valence-corrected chi connectivity index (χ0v) is 23.9. The summed E-state index contributed by atoms with van der Waals surface area (Å²) in [6, 6.07) is -6.78. The van der Waals surface area contributed by atoms with Gasteiger partial charge in [-0.25, -0.2) is 0 Å². The standard InChI is InChI=1S/C26H42N6O8/c1-12(2)10-16-22(36)30-17(11-19(33)34)23(37)31-20(13(3)4)25(39)28-15(6)26(40)32-9-7-8-18(32)24(38)27-14(5)21(35)29-16/h12-18,20H,7-11H2,1-6H3,(H,27,38)(H,28,39)(H,29,35)(H,30,36)(H,31,37)(H,33,34)/t14-,15-,16+,17-,18-,20+/m1/s1. The number of hydrogen-bond donors (Lipinski definition) is 6. The maximum atomic E-state index is 13.2. The SMILES string of the molecule is CC(C)C[C@@H]1NC(=O)[C@@H](C)NC(=O)[C@H]2CCCN2C(=O)[C@@H](C)NC(=O)[C@H](C(C)C)NC(=O)[C@@H](CC(=O)O)NC1=O. The minimum Gasteiger partial charge on any atom is -0.481 e. The molecule has 2 rings (SSSR count). The first-order chi connectivity index (χ1) is 18.6. The van der Waals surface area contributed by atoms with Crippen molar-refractivity contribution in [3.63, 3.8) is 0 Å². The fraction of sp³-hybridized carbons (Fsp3) is 0.731. The Labute approximate surface area is 233 Å². The number of rotatable bonds is 5. The van der Waals surface area contributed by atoms with Crippen LogP contribution >= 0.6 is 0 Å². The zero-order valence-electron chi connectivity index (χ0n) is 23.9. The minimum absolute atomic E-state index is 0.0698. The van der Waals surface area contributed by atoms with Crippen molar-refractivity contribution >= 4 is 41.4 Å². The van der Waals surface area contributed by atoms with Crippen molar-refractivity contribution in [3.05, 3.63) is 0 Å². The average molecular weight is 567 g/mol. The maximum Gasteiger partial charge on any atom is 0.305 e. The normalized spacial score (nSPS) is 29.6. The summed E-state index contributed by atoms with van der Waals surface area (Å²) < 4.78 is 0. The van der Waals surface area contributed by atoms with Crippen LogP contribution in [0, 0.1) is 11.8 Å². The molecule has 6 atom stereocenters. The Hall–Kier alpha value is -3.71. The van der Waals surface area contributed by atoms with E-state index < -0.39 is 90.0 Å². The van der Waals surface area contributed by atoms with Crippen LogP contribution in [0.2, 0.25) is 0 Å². The molecule has 0 saturated carbocycles. The molecule has 2 saturated heterocycles. The number of nitrogens with zero attached hydrogens (tertiary/aromatic N) is 1. The minimum atomic E-state index is -1.55. The highest BCUT2D eigenvalue weighted by atomic mass is 16.4. The van der Waals surface area contributed by atoms with Crippen LogP contribution < -0.4 is 26.6 Å². The third-order valence-electron chi connectivity index (χ3n) is 6.92. The van der Waals surface area contributed by atoms with Crippen molar-refractivity contribution in [1.29, 1.82) is 0 Å². The predicted octanol–water partition coefficient (Wildman–Crippen LogP) is -1.37. The van der Waals surface area contributed by atoms with Gasteiger partial charge in [0.25, 0.3) is 0 Å². The molecule has 2 aliphatic rings. The van der Waals surface area contributed by atoms with Gasteiger partial charge in [-0.3, -0.25) is 33.6 Å². The molecule has 6 N–H and O–H groups in total. The molecule has 14 heteroatoms. The number of amides is 6.